The maximum absolute atomic E-state index is 4.22. The van der Waals surface area contributed by atoms with E-state index in [0.29, 0.717) is 0 Å². The Labute approximate surface area is 88.9 Å². The van der Waals surface area contributed by atoms with E-state index in [1.807, 2.05) is 6.20 Å². The predicted octanol–water partition coefficient (Wildman–Crippen LogP) is 3.42. The Balaban J connectivity index is 2.33. The van der Waals surface area contributed by atoms with Crippen LogP contribution < -0.4 is 0 Å². The summed E-state index contributed by atoms with van der Waals surface area (Å²) >= 11 is 3.41. The lowest BCUT2D eigenvalue weighted by molar-refractivity contribution is 1.23. The normalized spacial score (nSPS) is 10.9. The van der Waals surface area contributed by atoms with Gasteiger partial charge in [0, 0.05) is 27.4 Å². The van der Waals surface area contributed by atoms with E-state index in [-0.39, 0.29) is 0 Å². The first-order valence-corrected chi connectivity index (χ1v) is 5.92. The number of hydrogen-bond acceptors (Lipinski definition) is 4. The molecule has 3 aromatic rings. The molecule has 0 radical (unpaired) electrons. The van der Waals surface area contributed by atoms with Gasteiger partial charge >= 0.3 is 0 Å². The summed E-state index contributed by atoms with van der Waals surface area (Å²) in [5.41, 5.74) is 1.25. The van der Waals surface area contributed by atoms with Crippen molar-refractivity contribution in [1.29, 1.82) is 0 Å². The topological polar surface area (TPSA) is 25.8 Å². The van der Waals surface area contributed by atoms with Gasteiger partial charge in [0.2, 0.25) is 0 Å². The smallest absolute Gasteiger partial charge is 0.127 e. The lowest BCUT2D eigenvalue weighted by Crippen LogP contribution is -1.75. The zero-order valence-electron chi connectivity index (χ0n) is 7.18. The van der Waals surface area contributed by atoms with E-state index < -0.39 is 0 Å². The third kappa shape index (κ3) is 1.15. The Bertz CT molecular complexity index is 554. The van der Waals surface area contributed by atoms with Crippen LogP contribution in [0.4, 0.5) is 0 Å². The number of fused-ring (bicyclic) bond motifs is 1. The highest BCUT2D eigenvalue weighted by Crippen LogP contribution is 2.34. The summed E-state index contributed by atoms with van der Waals surface area (Å²) in [5, 5.41) is 5.38. The number of hydrogen-bond donors (Lipinski definition) is 0. The van der Waals surface area contributed by atoms with Gasteiger partial charge in [-0.3, -0.25) is 0 Å². The van der Waals surface area contributed by atoms with E-state index in [0.717, 1.165) is 10.2 Å². The standard InChI is InChI=1S/C10H6N2S2/c1-2-9(13-3-1)8-5-14-10-7(8)4-11-6-12-10/h1-6H. The number of aromatic nitrogens is 2. The third-order valence-corrected chi connectivity index (χ3v) is 3.85. The molecule has 3 heterocycles. The van der Waals surface area contributed by atoms with Crippen molar-refractivity contribution >= 4 is 32.9 Å². The molecular formula is C10H6N2S2. The molecule has 3 aromatic heterocycles. The van der Waals surface area contributed by atoms with Crippen LogP contribution in [0.25, 0.3) is 20.7 Å². The Morgan fingerprint density at radius 3 is 3.07 bits per heavy atom. The van der Waals surface area contributed by atoms with Crippen LogP contribution in [-0.4, -0.2) is 9.97 Å². The Morgan fingerprint density at radius 2 is 2.21 bits per heavy atom. The number of thiophene rings is 2. The van der Waals surface area contributed by atoms with E-state index in [1.165, 1.54) is 10.4 Å². The van der Waals surface area contributed by atoms with E-state index in [2.05, 4.69) is 32.9 Å². The van der Waals surface area contributed by atoms with Crippen molar-refractivity contribution in [2.45, 2.75) is 0 Å². The largest absolute Gasteiger partial charge is 0.244 e. The van der Waals surface area contributed by atoms with Gasteiger partial charge in [0.25, 0.3) is 0 Å². The summed E-state index contributed by atoms with van der Waals surface area (Å²) in [6.07, 6.45) is 3.48. The van der Waals surface area contributed by atoms with Crippen LogP contribution in [0.1, 0.15) is 0 Å². The fraction of sp³-hybridized carbons (Fsp3) is 0. The first kappa shape index (κ1) is 8.08. The molecule has 68 valence electrons. The highest BCUT2D eigenvalue weighted by Gasteiger charge is 2.07. The summed E-state index contributed by atoms with van der Waals surface area (Å²) in [7, 11) is 0. The van der Waals surface area contributed by atoms with Gasteiger partial charge in [0.15, 0.2) is 0 Å². The summed E-state index contributed by atoms with van der Waals surface area (Å²) in [6.45, 7) is 0. The van der Waals surface area contributed by atoms with E-state index in [4.69, 9.17) is 0 Å². The lowest BCUT2D eigenvalue weighted by Gasteiger charge is -1.92. The summed E-state index contributed by atoms with van der Waals surface area (Å²) in [4.78, 5) is 10.6. The first-order chi connectivity index (χ1) is 6.95. The molecule has 0 saturated heterocycles. The molecule has 0 amide bonds. The molecule has 0 aliphatic rings. The van der Waals surface area contributed by atoms with Crippen molar-refractivity contribution in [2.24, 2.45) is 0 Å². The van der Waals surface area contributed by atoms with E-state index in [9.17, 15) is 0 Å². The highest BCUT2D eigenvalue weighted by atomic mass is 32.1. The van der Waals surface area contributed by atoms with Crippen molar-refractivity contribution in [1.82, 2.24) is 9.97 Å². The molecule has 0 bridgehead atoms. The molecule has 0 aliphatic carbocycles. The Hall–Kier alpha value is -1.26. The fourth-order valence-corrected chi connectivity index (χ4v) is 3.11. The zero-order chi connectivity index (χ0) is 9.38. The average Bonchev–Trinajstić information content (AvgIpc) is 2.85. The molecule has 4 heteroatoms. The van der Waals surface area contributed by atoms with Gasteiger partial charge in [0.1, 0.15) is 11.2 Å². The van der Waals surface area contributed by atoms with Gasteiger partial charge in [-0.2, -0.15) is 0 Å². The number of rotatable bonds is 1. The van der Waals surface area contributed by atoms with Crippen LogP contribution >= 0.6 is 22.7 Å². The van der Waals surface area contributed by atoms with Crippen LogP contribution in [-0.2, 0) is 0 Å². The van der Waals surface area contributed by atoms with E-state index >= 15 is 0 Å². The quantitative estimate of drug-likeness (QED) is 0.625. The average molecular weight is 218 g/mol. The second-order valence-electron chi connectivity index (χ2n) is 2.87. The van der Waals surface area contributed by atoms with Crippen molar-refractivity contribution in [3.05, 3.63) is 35.4 Å². The molecule has 0 aromatic carbocycles. The summed E-state index contributed by atoms with van der Waals surface area (Å²) in [5.74, 6) is 0. The highest BCUT2D eigenvalue weighted by molar-refractivity contribution is 7.18. The van der Waals surface area contributed by atoms with Crippen LogP contribution in [0.5, 0.6) is 0 Å². The van der Waals surface area contributed by atoms with Crippen molar-refractivity contribution in [3.8, 4) is 10.4 Å². The second-order valence-corrected chi connectivity index (χ2v) is 4.67. The van der Waals surface area contributed by atoms with Gasteiger partial charge in [-0.1, -0.05) is 6.07 Å². The predicted molar refractivity (Wildman–Crippen MR) is 60.7 cm³/mol. The minimum Gasteiger partial charge on any atom is -0.244 e. The van der Waals surface area contributed by atoms with Gasteiger partial charge < -0.3 is 0 Å². The summed E-state index contributed by atoms with van der Waals surface area (Å²) in [6, 6.07) is 4.19. The minimum atomic E-state index is 1.06. The fourth-order valence-electron chi connectivity index (χ4n) is 1.40. The van der Waals surface area contributed by atoms with E-state index in [1.54, 1.807) is 29.0 Å². The molecule has 0 spiro atoms. The molecule has 0 unspecified atom stereocenters. The van der Waals surface area contributed by atoms with Gasteiger partial charge in [-0.15, -0.1) is 22.7 Å². The second kappa shape index (κ2) is 3.15. The molecule has 0 aliphatic heterocycles. The first-order valence-electron chi connectivity index (χ1n) is 4.16. The molecule has 0 saturated carbocycles. The zero-order valence-corrected chi connectivity index (χ0v) is 8.81. The van der Waals surface area contributed by atoms with Gasteiger partial charge in [0.05, 0.1) is 0 Å². The Kier molecular flexibility index (Phi) is 1.82. The van der Waals surface area contributed by atoms with Crippen LogP contribution in [0.3, 0.4) is 0 Å². The minimum absolute atomic E-state index is 1.06. The molecule has 0 N–H and O–H groups in total. The Morgan fingerprint density at radius 1 is 1.21 bits per heavy atom. The summed E-state index contributed by atoms with van der Waals surface area (Å²) < 4.78 is 0. The maximum atomic E-state index is 4.22. The molecular weight excluding hydrogens is 212 g/mol. The van der Waals surface area contributed by atoms with Gasteiger partial charge in [-0.05, 0) is 11.4 Å². The molecule has 14 heavy (non-hydrogen) atoms. The van der Waals surface area contributed by atoms with Crippen LogP contribution in [0.15, 0.2) is 35.4 Å². The molecule has 0 atom stereocenters. The third-order valence-electron chi connectivity index (χ3n) is 2.04. The molecule has 2 nitrogen and oxygen atoms in total. The SMILES string of the molecule is c1csc(-c2csc3ncncc23)c1. The van der Waals surface area contributed by atoms with Gasteiger partial charge in [-0.25, -0.2) is 9.97 Å². The van der Waals surface area contributed by atoms with Crippen molar-refractivity contribution in [3.63, 3.8) is 0 Å². The monoisotopic (exact) mass is 218 g/mol. The van der Waals surface area contributed by atoms with Crippen LogP contribution in [0.2, 0.25) is 0 Å². The molecule has 0 fully saturated rings. The molecule has 3 rings (SSSR count). The number of nitrogens with zero attached hydrogens (tertiary/aromatic N) is 2. The van der Waals surface area contributed by atoms with Crippen LogP contribution in [0, 0.1) is 0 Å². The maximum Gasteiger partial charge on any atom is 0.127 e. The van der Waals surface area contributed by atoms with Crippen molar-refractivity contribution < 1.29 is 0 Å². The van der Waals surface area contributed by atoms with Crippen molar-refractivity contribution in [2.75, 3.05) is 0 Å². The lowest BCUT2D eigenvalue weighted by atomic mass is 10.2.